The highest BCUT2D eigenvalue weighted by Gasteiger charge is 2.49. The molecule has 1 fully saturated rings. The van der Waals surface area contributed by atoms with Crippen LogP contribution in [0.15, 0.2) is 76.8 Å². The molecule has 3 aromatic heterocycles. The summed E-state index contributed by atoms with van der Waals surface area (Å²) in [4.78, 5) is 33.0. The second-order valence-electron chi connectivity index (χ2n) is 9.29. The van der Waals surface area contributed by atoms with Crippen LogP contribution in [-0.4, -0.2) is 43.5 Å². The number of Topliss-reactive ketones (excluding diaryl/α,β-unsaturated/α-hetero) is 1. The molecule has 0 aliphatic carbocycles. The molecule has 9 nitrogen and oxygen atoms in total. The maximum Gasteiger partial charge on any atom is 0.301 e. The number of imidazole rings is 1. The fourth-order valence-electron chi connectivity index (χ4n) is 4.79. The molecule has 1 saturated heterocycles. The fraction of sp³-hybridized carbons (Fsp3) is 0.138. The van der Waals surface area contributed by atoms with Gasteiger partial charge in [0.2, 0.25) is 5.13 Å². The van der Waals surface area contributed by atoms with Gasteiger partial charge < -0.3 is 9.84 Å². The minimum absolute atomic E-state index is 0.0729. The number of nitrogens with zero attached hydrogens (tertiary/aromatic N) is 5. The van der Waals surface area contributed by atoms with Crippen LogP contribution in [0.2, 0.25) is 10.0 Å². The molecule has 1 aliphatic rings. The lowest BCUT2D eigenvalue weighted by molar-refractivity contribution is -0.132. The Morgan fingerprint density at radius 1 is 1.10 bits per heavy atom. The first kappa shape index (κ1) is 28.2. The van der Waals surface area contributed by atoms with Crippen molar-refractivity contribution in [3.63, 3.8) is 0 Å². The van der Waals surface area contributed by atoms with Crippen LogP contribution in [0.25, 0.3) is 11.4 Å². The second-order valence-corrected chi connectivity index (χ2v) is 12.3. The summed E-state index contributed by atoms with van der Waals surface area (Å²) in [6.45, 7) is 1.74. The standard InChI is InChI=1S/C29H21Cl2N5O4S2/c1-15-23(35-12-4-3-5-21(35)32-15)25(37)22-24(16-7-10-19(40-2)11-8-16)36(27(39)26(22)38)28-33-34-29(42-28)41-14-17-6-9-18(30)13-20(17)31/h3-13,24,37H,14H2,1-2H3. The van der Waals surface area contributed by atoms with Crippen molar-refractivity contribution in [3.05, 3.63) is 105 Å². The third-order valence-corrected chi connectivity index (χ3v) is 9.46. The monoisotopic (exact) mass is 637 g/mol. The Kier molecular flexibility index (Phi) is 7.67. The molecule has 1 aliphatic heterocycles. The van der Waals surface area contributed by atoms with Crippen molar-refractivity contribution in [2.24, 2.45) is 0 Å². The molecular formula is C29H21Cl2N5O4S2. The summed E-state index contributed by atoms with van der Waals surface area (Å²) in [5.74, 6) is -0.889. The normalized spacial score (nSPS) is 16.5. The third kappa shape index (κ3) is 5.02. The molecule has 13 heteroatoms. The van der Waals surface area contributed by atoms with Crippen molar-refractivity contribution in [2.45, 2.75) is 23.1 Å². The lowest BCUT2D eigenvalue weighted by atomic mass is 9.96. The number of aliphatic hydroxyl groups is 1. The molecule has 0 bridgehead atoms. The number of ether oxygens (including phenoxy) is 1. The quantitative estimate of drug-likeness (QED) is 0.0688. The van der Waals surface area contributed by atoms with Gasteiger partial charge in [-0.1, -0.05) is 70.6 Å². The number of hydrogen-bond donors (Lipinski definition) is 1. The van der Waals surface area contributed by atoms with E-state index in [1.54, 1.807) is 73.2 Å². The lowest BCUT2D eigenvalue weighted by Gasteiger charge is -2.22. The van der Waals surface area contributed by atoms with Crippen LogP contribution in [0.3, 0.4) is 0 Å². The highest BCUT2D eigenvalue weighted by molar-refractivity contribution is 8.00. The number of hydrogen-bond acceptors (Lipinski definition) is 9. The number of methoxy groups -OCH3 is 1. The maximum atomic E-state index is 13.6. The van der Waals surface area contributed by atoms with Crippen LogP contribution in [0, 0.1) is 6.92 Å². The summed E-state index contributed by atoms with van der Waals surface area (Å²) < 4.78 is 7.56. The number of aromatic nitrogens is 4. The molecule has 1 N–H and O–H groups in total. The van der Waals surface area contributed by atoms with Gasteiger partial charge in [-0.3, -0.25) is 18.9 Å². The Hall–Kier alpha value is -3.90. The van der Waals surface area contributed by atoms with Gasteiger partial charge in [0.05, 0.1) is 24.4 Å². The predicted molar refractivity (Wildman–Crippen MR) is 164 cm³/mol. The summed E-state index contributed by atoms with van der Waals surface area (Å²) in [6.07, 6.45) is 1.74. The topological polar surface area (TPSA) is 110 Å². The van der Waals surface area contributed by atoms with Crippen molar-refractivity contribution in [3.8, 4) is 5.75 Å². The first-order valence-electron chi connectivity index (χ1n) is 12.6. The Morgan fingerprint density at radius 2 is 1.88 bits per heavy atom. The van der Waals surface area contributed by atoms with E-state index in [-0.39, 0.29) is 16.5 Å². The third-order valence-electron chi connectivity index (χ3n) is 6.77. The number of ketones is 1. The molecular weight excluding hydrogens is 617 g/mol. The van der Waals surface area contributed by atoms with Crippen LogP contribution >= 0.6 is 46.3 Å². The van der Waals surface area contributed by atoms with Gasteiger partial charge in [0.25, 0.3) is 5.78 Å². The van der Waals surface area contributed by atoms with Gasteiger partial charge in [0.15, 0.2) is 10.1 Å². The average Bonchev–Trinajstić information content (AvgIpc) is 3.66. The van der Waals surface area contributed by atoms with Crippen LogP contribution in [0.1, 0.15) is 28.6 Å². The van der Waals surface area contributed by atoms with Crippen molar-refractivity contribution in [1.29, 1.82) is 0 Å². The van der Waals surface area contributed by atoms with E-state index in [9.17, 15) is 14.7 Å². The Labute approximate surface area is 258 Å². The Bertz CT molecular complexity index is 1890. The van der Waals surface area contributed by atoms with Crippen LogP contribution in [0.5, 0.6) is 5.75 Å². The largest absolute Gasteiger partial charge is 0.505 e. The summed E-state index contributed by atoms with van der Waals surface area (Å²) >= 11 is 14.9. The van der Waals surface area contributed by atoms with E-state index in [0.717, 1.165) is 5.56 Å². The zero-order valence-corrected chi connectivity index (χ0v) is 25.3. The number of benzene rings is 2. The molecule has 2 aromatic carbocycles. The number of fused-ring (bicyclic) bond motifs is 1. The van der Waals surface area contributed by atoms with Crippen molar-refractivity contribution in [2.75, 3.05) is 12.0 Å². The van der Waals surface area contributed by atoms with E-state index < -0.39 is 17.7 Å². The molecule has 1 atom stereocenters. The van der Waals surface area contributed by atoms with Gasteiger partial charge in [-0.25, -0.2) is 4.98 Å². The van der Waals surface area contributed by atoms with Crippen LogP contribution in [0.4, 0.5) is 5.13 Å². The van der Waals surface area contributed by atoms with E-state index in [0.29, 0.717) is 48.5 Å². The highest BCUT2D eigenvalue weighted by atomic mass is 35.5. The van der Waals surface area contributed by atoms with Gasteiger partial charge in [-0.15, -0.1) is 10.2 Å². The average molecular weight is 639 g/mol. The predicted octanol–water partition coefficient (Wildman–Crippen LogP) is 6.73. The molecule has 0 saturated carbocycles. The van der Waals surface area contributed by atoms with E-state index in [4.69, 9.17) is 27.9 Å². The first-order chi connectivity index (χ1) is 20.3. The van der Waals surface area contributed by atoms with Gasteiger partial charge >= 0.3 is 5.91 Å². The molecule has 212 valence electrons. The Morgan fingerprint density at radius 3 is 2.62 bits per heavy atom. The number of pyridine rings is 1. The van der Waals surface area contributed by atoms with Crippen LogP contribution < -0.4 is 9.64 Å². The highest BCUT2D eigenvalue weighted by Crippen LogP contribution is 2.44. The molecule has 4 heterocycles. The summed E-state index contributed by atoms with van der Waals surface area (Å²) in [5, 5.41) is 21.5. The second kappa shape index (κ2) is 11.4. The van der Waals surface area contributed by atoms with Gasteiger partial charge in [0, 0.05) is 22.0 Å². The summed E-state index contributed by atoms with van der Waals surface area (Å²) in [5.41, 5.74) is 2.81. The van der Waals surface area contributed by atoms with Crippen molar-refractivity contribution < 1.29 is 19.4 Å². The minimum Gasteiger partial charge on any atom is -0.505 e. The van der Waals surface area contributed by atoms with Crippen LogP contribution in [-0.2, 0) is 15.3 Å². The maximum absolute atomic E-state index is 13.6. The SMILES string of the molecule is COc1ccc(C2C(=C(O)c3c(C)nc4ccccn34)C(=O)C(=O)N2c2nnc(SCc3ccc(Cl)cc3Cl)s2)cc1. The zero-order chi connectivity index (χ0) is 29.5. The number of thioether (sulfide) groups is 1. The number of carbonyl (C=O) groups is 2. The van der Waals surface area contributed by atoms with E-state index in [1.807, 2.05) is 12.1 Å². The van der Waals surface area contributed by atoms with Crippen molar-refractivity contribution in [1.82, 2.24) is 19.6 Å². The molecule has 0 radical (unpaired) electrons. The fourth-order valence-corrected chi connectivity index (χ4v) is 7.22. The minimum atomic E-state index is -0.971. The molecule has 5 aromatic rings. The molecule has 42 heavy (non-hydrogen) atoms. The van der Waals surface area contributed by atoms with E-state index in [2.05, 4.69) is 15.2 Å². The number of carbonyl (C=O) groups excluding carboxylic acids is 2. The molecule has 0 spiro atoms. The van der Waals surface area contributed by atoms with E-state index in [1.165, 1.54) is 28.0 Å². The van der Waals surface area contributed by atoms with Gasteiger partial charge in [-0.2, -0.15) is 0 Å². The lowest BCUT2D eigenvalue weighted by Crippen LogP contribution is -2.29. The first-order valence-corrected chi connectivity index (χ1v) is 15.1. The number of amides is 1. The number of anilines is 1. The number of aliphatic hydroxyl groups excluding tert-OH is 1. The summed E-state index contributed by atoms with van der Waals surface area (Å²) in [7, 11) is 1.55. The Balaban J connectivity index is 1.43. The zero-order valence-electron chi connectivity index (χ0n) is 22.1. The van der Waals surface area contributed by atoms with E-state index >= 15 is 0 Å². The number of aryl methyl sites for hydroxylation is 1. The van der Waals surface area contributed by atoms with Crippen molar-refractivity contribution >= 4 is 74.5 Å². The number of halogens is 2. The molecule has 1 amide bonds. The van der Waals surface area contributed by atoms with Gasteiger partial charge in [0.1, 0.15) is 17.1 Å². The smallest absolute Gasteiger partial charge is 0.301 e. The molecule has 6 rings (SSSR count). The number of rotatable bonds is 7. The molecule has 1 unspecified atom stereocenters. The van der Waals surface area contributed by atoms with Gasteiger partial charge in [-0.05, 0) is 54.4 Å². The summed E-state index contributed by atoms with van der Waals surface area (Å²) in [6, 6.07) is 16.7.